The maximum absolute atomic E-state index is 12.7. The molecule has 0 bridgehead atoms. The zero-order chi connectivity index (χ0) is 21.1. The molecule has 0 saturated heterocycles. The van der Waals surface area contributed by atoms with Crippen LogP contribution in [0.25, 0.3) is 11.1 Å². The standard InChI is InChI=1S/C24H23NO5/c25-24(23(27)28)14-4-7-20(24)22(26)21-13-12-19(30-21)15-29-18-10-8-17(9-11-18)16-5-2-1-3-6-16/h1-3,5-6,8-13,20H,4,7,14-15,25H2,(H,27,28). The number of nitrogens with two attached hydrogens (primary N) is 1. The molecule has 4 rings (SSSR count). The molecule has 0 aliphatic heterocycles. The van der Waals surface area contributed by atoms with Crippen molar-refractivity contribution in [2.24, 2.45) is 11.7 Å². The summed E-state index contributed by atoms with van der Waals surface area (Å²) in [7, 11) is 0. The third-order valence-electron chi connectivity index (χ3n) is 5.67. The summed E-state index contributed by atoms with van der Waals surface area (Å²) in [6.07, 6.45) is 1.34. The molecular formula is C24H23NO5. The minimum atomic E-state index is -1.53. The van der Waals surface area contributed by atoms with E-state index in [2.05, 4.69) is 0 Å². The Morgan fingerprint density at radius 3 is 2.43 bits per heavy atom. The zero-order valence-electron chi connectivity index (χ0n) is 16.4. The van der Waals surface area contributed by atoms with E-state index in [4.69, 9.17) is 14.9 Å². The number of carboxylic acid groups (broad SMARTS) is 1. The Morgan fingerprint density at radius 2 is 1.73 bits per heavy atom. The third kappa shape index (κ3) is 3.86. The maximum atomic E-state index is 12.7. The van der Waals surface area contributed by atoms with E-state index >= 15 is 0 Å². The van der Waals surface area contributed by atoms with Gasteiger partial charge in [-0.15, -0.1) is 0 Å². The molecule has 1 heterocycles. The molecular weight excluding hydrogens is 382 g/mol. The van der Waals surface area contributed by atoms with Crippen molar-refractivity contribution in [3.63, 3.8) is 0 Å². The number of furan rings is 1. The van der Waals surface area contributed by atoms with Crippen molar-refractivity contribution in [3.05, 3.63) is 78.3 Å². The van der Waals surface area contributed by atoms with Crippen LogP contribution in [0.2, 0.25) is 0 Å². The molecule has 1 fully saturated rings. The van der Waals surface area contributed by atoms with E-state index in [9.17, 15) is 14.7 Å². The van der Waals surface area contributed by atoms with Gasteiger partial charge in [-0.3, -0.25) is 9.59 Å². The van der Waals surface area contributed by atoms with E-state index in [1.807, 2.05) is 54.6 Å². The second kappa shape index (κ2) is 8.16. The minimum absolute atomic E-state index is 0.121. The zero-order valence-corrected chi connectivity index (χ0v) is 16.4. The number of carbonyl (C=O) groups excluding carboxylic acids is 1. The number of hydrogen-bond acceptors (Lipinski definition) is 5. The highest BCUT2D eigenvalue weighted by molar-refractivity contribution is 6.00. The highest BCUT2D eigenvalue weighted by Gasteiger charge is 2.50. The fourth-order valence-electron chi connectivity index (χ4n) is 3.94. The lowest BCUT2D eigenvalue weighted by atomic mass is 9.84. The van der Waals surface area contributed by atoms with Crippen molar-refractivity contribution >= 4 is 11.8 Å². The molecule has 1 aliphatic carbocycles. The predicted octanol–water partition coefficient (Wildman–Crippen LogP) is 4.29. The molecule has 154 valence electrons. The number of aliphatic carboxylic acids is 1. The van der Waals surface area contributed by atoms with Gasteiger partial charge in [-0.05, 0) is 48.2 Å². The summed E-state index contributed by atoms with van der Waals surface area (Å²) in [5, 5.41) is 9.42. The van der Waals surface area contributed by atoms with Gasteiger partial charge in [0.05, 0.1) is 5.92 Å². The van der Waals surface area contributed by atoms with Gasteiger partial charge >= 0.3 is 5.97 Å². The van der Waals surface area contributed by atoms with Crippen LogP contribution in [0.1, 0.15) is 35.6 Å². The second-order valence-electron chi connectivity index (χ2n) is 7.60. The Hall–Kier alpha value is -3.38. The first-order valence-electron chi connectivity index (χ1n) is 9.91. The van der Waals surface area contributed by atoms with Crippen LogP contribution < -0.4 is 10.5 Å². The average Bonchev–Trinajstić information content (AvgIpc) is 3.40. The number of benzene rings is 2. The number of carbonyl (C=O) groups is 2. The van der Waals surface area contributed by atoms with E-state index in [-0.39, 0.29) is 24.6 Å². The lowest BCUT2D eigenvalue weighted by Crippen LogP contribution is -2.53. The van der Waals surface area contributed by atoms with Crippen LogP contribution in [0, 0.1) is 5.92 Å². The quantitative estimate of drug-likeness (QED) is 0.569. The van der Waals surface area contributed by atoms with Crippen LogP contribution in [-0.2, 0) is 11.4 Å². The number of ether oxygens (including phenoxy) is 1. The number of hydrogen-bond donors (Lipinski definition) is 2. The van der Waals surface area contributed by atoms with Crippen molar-refractivity contribution in [2.45, 2.75) is 31.4 Å². The van der Waals surface area contributed by atoms with E-state index in [0.717, 1.165) is 11.1 Å². The van der Waals surface area contributed by atoms with Crippen LogP contribution in [-0.4, -0.2) is 22.4 Å². The Morgan fingerprint density at radius 1 is 1.03 bits per heavy atom. The van der Waals surface area contributed by atoms with Gasteiger partial charge in [0.1, 0.15) is 23.7 Å². The summed E-state index contributed by atoms with van der Waals surface area (Å²) >= 11 is 0. The van der Waals surface area contributed by atoms with Gasteiger partial charge in [0.25, 0.3) is 0 Å². The Balaban J connectivity index is 1.39. The van der Waals surface area contributed by atoms with Crippen molar-refractivity contribution in [1.82, 2.24) is 0 Å². The summed E-state index contributed by atoms with van der Waals surface area (Å²) in [5.41, 5.74) is 6.69. The average molecular weight is 405 g/mol. The van der Waals surface area contributed by atoms with Crippen molar-refractivity contribution in [3.8, 4) is 16.9 Å². The van der Waals surface area contributed by atoms with Crippen molar-refractivity contribution in [2.75, 3.05) is 0 Å². The highest BCUT2D eigenvalue weighted by atomic mass is 16.5. The first-order valence-corrected chi connectivity index (χ1v) is 9.91. The first kappa shape index (κ1) is 19.9. The molecule has 3 aromatic rings. The van der Waals surface area contributed by atoms with Crippen LogP contribution in [0.15, 0.2) is 71.1 Å². The molecule has 6 heteroatoms. The molecule has 0 spiro atoms. The topological polar surface area (TPSA) is 103 Å². The van der Waals surface area contributed by atoms with E-state index < -0.39 is 17.4 Å². The summed E-state index contributed by atoms with van der Waals surface area (Å²) < 4.78 is 11.4. The molecule has 2 atom stereocenters. The Kier molecular flexibility index (Phi) is 5.42. The van der Waals surface area contributed by atoms with Crippen LogP contribution in [0.5, 0.6) is 5.75 Å². The van der Waals surface area contributed by atoms with Crippen molar-refractivity contribution < 1.29 is 23.8 Å². The molecule has 0 amide bonds. The molecule has 1 aliphatic rings. The maximum Gasteiger partial charge on any atom is 0.324 e. The third-order valence-corrected chi connectivity index (χ3v) is 5.67. The Labute approximate surface area is 174 Å². The molecule has 2 unspecified atom stereocenters. The van der Waals surface area contributed by atoms with Gasteiger partial charge in [0.15, 0.2) is 5.76 Å². The number of carboxylic acids is 1. The Bertz CT molecular complexity index is 1040. The summed E-state index contributed by atoms with van der Waals surface area (Å²) in [6.45, 7) is 0.162. The summed E-state index contributed by atoms with van der Waals surface area (Å²) in [5.74, 6) is -0.997. The minimum Gasteiger partial charge on any atom is -0.486 e. The normalized spacial score (nSPS) is 20.8. The summed E-state index contributed by atoms with van der Waals surface area (Å²) in [6, 6.07) is 21.0. The SMILES string of the molecule is NC1(C(=O)O)CCCC1C(=O)c1ccc(COc2ccc(-c3ccccc3)cc2)o1. The van der Waals surface area contributed by atoms with Crippen molar-refractivity contribution in [1.29, 1.82) is 0 Å². The molecule has 1 aromatic heterocycles. The number of rotatable bonds is 7. The monoisotopic (exact) mass is 405 g/mol. The van der Waals surface area contributed by atoms with Gasteiger partial charge < -0.3 is 20.0 Å². The lowest BCUT2D eigenvalue weighted by Gasteiger charge is -2.24. The van der Waals surface area contributed by atoms with Gasteiger partial charge in [-0.2, -0.15) is 0 Å². The van der Waals surface area contributed by atoms with E-state index in [1.165, 1.54) is 0 Å². The summed E-state index contributed by atoms with van der Waals surface area (Å²) in [4.78, 5) is 24.3. The fourth-order valence-corrected chi connectivity index (χ4v) is 3.94. The second-order valence-corrected chi connectivity index (χ2v) is 7.60. The van der Waals surface area contributed by atoms with Gasteiger partial charge in [-0.1, -0.05) is 48.9 Å². The van der Waals surface area contributed by atoms with Crippen LogP contribution in [0.4, 0.5) is 0 Å². The van der Waals surface area contributed by atoms with Crippen LogP contribution in [0.3, 0.4) is 0 Å². The molecule has 6 nitrogen and oxygen atoms in total. The number of ketones is 1. The number of Topliss-reactive ketones (excluding diaryl/α,β-unsaturated/α-hetero) is 1. The smallest absolute Gasteiger partial charge is 0.324 e. The molecule has 2 aromatic carbocycles. The van der Waals surface area contributed by atoms with Gasteiger partial charge in [0.2, 0.25) is 5.78 Å². The molecule has 1 saturated carbocycles. The highest BCUT2D eigenvalue weighted by Crippen LogP contribution is 2.36. The van der Waals surface area contributed by atoms with Gasteiger partial charge in [-0.25, -0.2) is 0 Å². The molecule has 0 radical (unpaired) electrons. The predicted molar refractivity (Wildman–Crippen MR) is 111 cm³/mol. The van der Waals surface area contributed by atoms with E-state index in [1.54, 1.807) is 12.1 Å². The fraction of sp³-hybridized carbons (Fsp3) is 0.250. The first-order chi connectivity index (χ1) is 14.5. The molecule has 30 heavy (non-hydrogen) atoms. The van der Waals surface area contributed by atoms with Crippen LogP contribution >= 0.6 is 0 Å². The lowest BCUT2D eigenvalue weighted by molar-refractivity contribution is -0.144. The van der Waals surface area contributed by atoms with Gasteiger partial charge in [0, 0.05) is 0 Å². The largest absolute Gasteiger partial charge is 0.486 e. The molecule has 3 N–H and O–H groups in total. The van der Waals surface area contributed by atoms with E-state index in [0.29, 0.717) is 24.4 Å².